The van der Waals surface area contributed by atoms with Gasteiger partial charge in [0.2, 0.25) is 5.91 Å². The predicted molar refractivity (Wildman–Crippen MR) is 81.1 cm³/mol. The van der Waals surface area contributed by atoms with E-state index in [9.17, 15) is 14.7 Å². The number of amides is 1. The van der Waals surface area contributed by atoms with Crippen LogP contribution < -0.4 is 5.32 Å². The SMILES string of the molecule is Cc1ccc(CC(=O)NC2CCCCC2C(=O)O)cc1C. The Morgan fingerprint density at radius 3 is 2.57 bits per heavy atom. The second-order valence-electron chi connectivity index (χ2n) is 6.00. The standard InChI is InChI=1S/C17H23NO3/c1-11-7-8-13(9-12(11)2)10-16(19)18-15-6-4-3-5-14(15)17(20)21/h7-9,14-15H,3-6,10H2,1-2H3,(H,18,19)(H,20,21). The summed E-state index contributed by atoms with van der Waals surface area (Å²) >= 11 is 0. The van der Waals surface area contributed by atoms with Crippen molar-refractivity contribution >= 4 is 11.9 Å². The van der Waals surface area contributed by atoms with Crippen LogP contribution in [0.1, 0.15) is 42.4 Å². The number of hydrogen-bond acceptors (Lipinski definition) is 2. The molecule has 114 valence electrons. The lowest BCUT2D eigenvalue weighted by Crippen LogP contribution is -2.45. The van der Waals surface area contributed by atoms with Crippen molar-refractivity contribution in [2.45, 2.75) is 52.0 Å². The van der Waals surface area contributed by atoms with Crippen LogP contribution in [0.5, 0.6) is 0 Å². The Balaban J connectivity index is 1.97. The van der Waals surface area contributed by atoms with Gasteiger partial charge in [-0.05, 0) is 43.4 Å². The van der Waals surface area contributed by atoms with Crippen LogP contribution in [0, 0.1) is 19.8 Å². The molecule has 2 N–H and O–H groups in total. The zero-order chi connectivity index (χ0) is 15.4. The number of carbonyl (C=O) groups excluding carboxylic acids is 1. The van der Waals surface area contributed by atoms with Gasteiger partial charge in [0.1, 0.15) is 0 Å². The largest absolute Gasteiger partial charge is 0.481 e. The zero-order valence-electron chi connectivity index (χ0n) is 12.7. The molecule has 2 atom stereocenters. The molecule has 1 amide bonds. The molecule has 4 nitrogen and oxygen atoms in total. The molecule has 2 rings (SSSR count). The van der Waals surface area contributed by atoms with Crippen molar-refractivity contribution in [3.63, 3.8) is 0 Å². The summed E-state index contributed by atoms with van der Waals surface area (Å²) in [6, 6.07) is 5.76. The molecular weight excluding hydrogens is 266 g/mol. The fourth-order valence-electron chi connectivity index (χ4n) is 2.96. The Bertz CT molecular complexity index is 539. The van der Waals surface area contributed by atoms with Crippen molar-refractivity contribution in [2.75, 3.05) is 0 Å². The van der Waals surface area contributed by atoms with E-state index in [1.54, 1.807) is 0 Å². The Kier molecular flexibility index (Phi) is 4.99. The molecule has 0 heterocycles. The second-order valence-corrected chi connectivity index (χ2v) is 6.00. The van der Waals surface area contributed by atoms with E-state index in [-0.39, 0.29) is 11.9 Å². The lowest BCUT2D eigenvalue weighted by Gasteiger charge is -2.29. The van der Waals surface area contributed by atoms with Crippen molar-refractivity contribution in [3.8, 4) is 0 Å². The highest BCUT2D eigenvalue weighted by Gasteiger charge is 2.31. The number of carbonyl (C=O) groups is 2. The highest BCUT2D eigenvalue weighted by atomic mass is 16.4. The van der Waals surface area contributed by atoms with Crippen molar-refractivity contribution in [1.29, 1.82) is 0 Å². The van der Waals surface area contributed by atoms with E-state index in [1.807, 2.05) is 32.0 Å². The second kappa shape index (κ2) is 6.74. The Labute approximate surface area is 125 Å². The first-order valence-electron chi connectivity index (χ1n) is 7.55. The van der Waals surface area contributed by atoms with Gasteiger partial charge in [-0.3, -0.25) is 9.59 Å². The molecule has 0 radical (unpaired) electrons. The highest BCUT2D eigenvalue weighted by Crippen LogP contribution is 2.24. The van der Waals surface area contributed by atoms with Crippen LogP contribution in [0.4, 0.5) is 0 Å². The van der Waals surface area contributed by atoms with E-state index >= 15 is 0 Å². The fourth-order valence-corrected chi connectivity index (χ4v) is 2.96. The van der Waals surface area contributed by atoms with E-state index in [1.165, 1.54) is 11.1 Å². The first-order valence-corrected chi connectivity index (χ1v) is 7.55. The van der Waals surface area contributed by atoms with Crippen molar-refractivity contribution in [2.24, 2.45) is 5.92 Å². The van der Waals surface area contributed by atoms with Gasteiger partial charge < -0.3 is 10.4 Å². The molecule has 21 heavy (non-hydrogen) atoms. The van der Waals surface area contributed by atoms with E-state index in [4.69, 9.17) is 0 Å². The maximum absolute atomic E-state index is 12.1. The predicted octanol–water partition coefficient (Wildman–Crippen LogP) is 2.61. The average molecular weight is 289 g/mol. The van der Waals surface area contributed by atoms with Gasteiger partial charge in [-0.15, -0.1) is 0 Å². The van der Waals surface area contributed by atoms with Gasteiger partial charge in [-0.1, -0.05) is 31.0 Å². The molecule has 1 aliphatic rings. The van der Waals surface area contributed by atoms with Crippen LogP contribution in [-0.2, 0) is 16.0 Å². The number of aliphatic carboxylic acids is 1. The summed E-state index contributed by atoms with van der Waals surface area (Å²) in [5.74, 6) is -1.33. The molecule has 1 aromatic carbocycles. The summed E-state index contributed by atoms with van der Waals surface area (Å²) in [7, 11) is 0. The number of aryl methyl sites for hydroxylation is 2. The molecule has 0 spiro atoms. The minimum Gasteiger partial charge on any atom is -0.481 e. The lowest BCUT2D eigenvalue weighted by molar-refractivity contribution is -0.144. The van der Waals surface area contributed by atoms with Crippen LogP contribution >= 0.6 is 0 Å². The van der Waals surface area contributed by atoms with Gasteiger partial charge in [0.15, 0.2) is 0 Å². The smallest absolute Gasteiger partial charge is 0.308 e. The number of carboxylic acids is 1. The Morgan fingerprint density at radius 1 is 1.19 bits per heavy atom. The first-order chi connectivity index (χ1) is 9.97. The summed E-state index contributed by atoms with van der Waals surface area (Å²) in [4.78, 5) is 23.4. The van der Waals surface area contributed by atoms with Crippen molar-refractivity contribution in [1.82, 2.24) is 5.32 Å². The molecule has 4 heteroatoms. The normalized spacial score (nSPS) is 21.8. The third-order valence-corrected chi connectivity index (χ3v) is 4.37. The summed E-state index contributed by atoms with van der Waals surface area (Å²) in [6.07, 6.45) is 3.64. The minimum atomic E-state index is -0.800. The fraction of sp³-hybridized carbons (Fsp3) is 0.529. The van der Waals surface area contributed by atoms with Gasteiger partial charge >= 0.3 is 5.97 Å². The molecule has 1 fully saturated rings. The first kappa shape index (κ1) is 15.5. The van der Waals surface area contributed by atoms with Crippen LogP contribution in [0.3, 0.4) is 0 Å². The summed E-state index contributed by atoms with van der Waals surface area (Å²) < 4.78 is 0. The molecule has 1 aliphatic carbocycles. The molecular formula is C17H23NO3. The maximum Gasteiger partial charge on any atom is 0.308 e. The Hall–Kier alpha value is -1.84. The summed E-state index contributed by atoms with van der Waals surface area (Å²) in [5, 5.41) is 12.1. The minimum absolute atomic E-state index is 0.0867. The number of rotatable bonds is 4. The lowest BCUT2D eigenvalue weighted by atomic mass is 9.84. The Morgan fingerprint density at radius 2 is 1.90 bits per heavy atom. The third kappa shape index (κ3) is 4.06. The van der Waals surface area contributed by atoms with Crippen LogP contribution in [0.2, 0.25) is 0 Å². The molecule has 1 saturated carbocycles. The highest BCUT2D eigenvalue weighted by molar-refractivity contribution is 5.80. The third-order valence-electron chi connectivity index (χ3n) is 4.37. The van der Waals surface area contributed by atoms with E-state index in [2.05, 4.69) is 5.32 Å². The van der Waals surface area contributed by atoms with Gasteiger partial charge in [-0.25, -0.2) is 0 Å². The topological polar surface area (TPSA) is 66.4 Å². The molecule has 0 aromatic heterocycles. The van der Waals surface area contributed by atoms with E-state index in [0.717, 1.165) is 24.8 Å². The molecule has 0 saturated heterocycles. The monoisotopic (exact) mass is 289 g/mol. The van der Waals surface area contributed by atoms with Crippen LogP contribution in [0.25, 0.3) is 0 Å². The summed E-state index contributed by atoms with van der Waals surface area (Å²) in [6.45, 7) is 4.07. The number of benzene rings is 1. The molecule has 0 bridgehead atoms. The van der Waals surface area contributed by atoms with Crippen molar-refractivity contribution in [3.05, 3.63) is 34.9 Å². The van der Waals surface area contributed by atoms with Crippen LogP contribution in [0.15, 0.2) is 18.2 Å². The number of hydrogen-bond donors (Lipinski definition) is 2. The van der Waals surface area contributed by atoms with E-state index in [0.29, 0.717) is 12.8 Å². The zero-order valence-corrected chi connectivity index (χ0v) is 12.7. The number of carboxylic acid groups (broad SMARTS) is 1. The molecule has 2 unspecified atom stereocenters. The van der Waals surface area contributed by atoms with E-state index < -0.39 is 11.9 Å². The quantitative estimate of drug-likeness (QED) is 0.895. The van der Waals surface area contributed by atoms with Crippen molar-refractivity contribution < 1.29 is 14.7 Å². The molecule has 0 aliphatic heterocycles. The summed E-state index contributed by atoms with van der Waals surface area (Å²) in [5.41, 5.74) is 3.34. The maximum atomic E-state index is 12.1. The number of nitrogens with one attached hydrogen (secondary N) is 1. The van der Waals surface area contributed by atoms with Crippen LogP contribution in [-0.4, -0.2) is 23.0 Å². The average Bonchev–Trinajstić information content (AvgIpc) is 2.43. The van der Waals surface area contributed by atoms with Gasteiger partial charge in [0.05, 0.1) is 12.3 Å². The molecule has 1 aromatic rings. The van der Waals surface area contributed by atoms with Gasteiger partial charge in [0.25, 0.3) is 0 Å². The van der Waals surface area contributed by atoms with Gasteiger partial charge in [-0.2, -0.15) is 0 Å². The van der Waals surface area contributed by atoms with Gasteiger partial charge in [0, 0.05) is 6.04 Å².